The predicted octanol–water partition coefficient (Wildman–Crippen LogP) is 5.56. The summed E-state index contributed by atoms with van der Waals surface area (Å²) >= 11 is 12.8. The first kappa shape index (κ1) is 17.6. The predicted molar refractivity (Wildman–Crippen MR) is 96.1 cm³/mol. The number of anilines is 2. The fourth-order valence-electron chi connectivity index (χ4n) is 2.56. The number of para-hydroxylation sites is 2. The van der Waals surface area contributed by atoms with Gasteiger partial charge in [0.1, 0.15) is 0 Å². The second-order valence-electron chi connectivity index (χ2n) is 6.28. The van der Waals surface area contributed by atoms with Crippen LogP contribution in [-0.4, -0.2) is 16.6 Å². The van der Waals surface area contributed by atoms with Crippen molar-refractivity contribution in [2.24, 2.45) is 0 Å². The van der Waals surface area contributed by atoms with Crippen LogP contribution in [-0.2, 0) is 11.2 Å². The number of hydrogen-bond acceptors (Lipinski definition) is 2. The summed E-state index contributed by atoms with van der Waals surface area (Å²) in [5, 5.41) is 10.2. The van der Waals surface area contributed by atoms with Crippen molar-refractivity contribution in [3.8, 4) is 0 Å². The summed E-state index contributed by atoms with van der Waals surface area (Å²) < 4.78 is 0. The molecule has 0 fully saturated rings. The number of hydrogen-bond donors (Lipinski definition) is 1. The Bertz CT molecular complexity index is 703. The van der Waals surface area contributed by atoms with E-state index in [1.807, 2.05) is 49.9 Å². The van der Waals surface area contributed by atoms with Crippen molar-refractivity contribution in [1.82, 2.24) is 0 Å². The molecule has 0 saturated carbocycles. The molecule has 23 heavy (non-hydrogen) atoms. The van der Waals surface area contributed by atoms with Crippen LogP contribution in [0.5, 0.6) is 0 Å². The Hall–Kier alpha value is -1.71. The van der Waals surface area contributed by atoms with Crippen molar-refractivity contribution < 1.29 is 9.90 Å². The van der Waals surface area contributed by atoms with Gasteiger partial charge in [0.25, 0.3) is 0 Å². The maximum atomic E-state index is 11.2. The zero-order valence-corrected chi connectivity index (χ0v) is 14.8. The van der Waals surface area contributed by atoms with Crippen LogP contribution in [0.1, 0.15) is 26.3 Å². The Kier molecular flexibility index (Phi) is 5.23. The van der Waals surface area contributed by atoms with Gasteiger partial charge in [-0.25, -0.2) is 0 Å². The quantitative estimate of drug-likeness (QED) is 0.783. The molecule has 0 saturated heterocycles. The molecule has 2 aromatic rings. The largest absolute Gasteiger partial charge is 0.481 e. The summed E-state index contributed by atoms with van der Waals surface area (Å²) in [7, 11) is 0. The van der Waals surface area contributed by atoms with Crippen LogP contribution in [0.2, 0.25) is 10.0 Å². The van der Waals surface area contributed by atoms with Gasteiger partial charge in [0, 0.05) is 11.2 Å². The van der Waals surface area contributed by atoms with Gasteiger partial charge in [-0.3, -0.25) is 4.79 Å². The van der Waals surface area contributed by atoms with Crippen molar-refractivity contribution >= 4 is 40.5 Å². The Morgan fingerprint density at radius 3 is 2.13 bits per heavy atom. The summed E-state index contributed by atoms with van der Waals surface area (Å²) in [6.07, 6.45) is -0.0647. The molecule has 0 aromatic heterocycles. The van der Waals surface area contributed by atoms with Crippen LogP contribution >= 0.6 is 23.2 Å². The SMILES string of the molecule is CC(C)(C)N(c1ccccc1CC(=O)O)c1c(Cl)cccc1Cl. The third-order valence-electron chi connectivity index (χ3n) is 3.41. The normalized spacial score (nSPS) is 11.3. The molecule has 5 heteroatoms. The standard InChI is InChI=1S/C18H19Cl2NO2/c1-18(2,3)21(17-13(19)8-6-9-14(17)20)15-10-5-4-7-12(15)11-16(22)23/h4-10H,11H2,1-3H3,(H,22,23). The Balaban J connectivity index is 2.69. The lowest BCUT2D eigenvalue weighted by atomic mass is 9.99. The zero-order chi connectivity index (χ0) is 17.2. The molecule has 122 valence electrons. The molecular formula is C18H19Cl2NO2. The molecule has 0 amide bonds. The molecular weight excluding hydrogens is 333 g/mol. The third kappa shape index (κ3) is 3.98. The van der Waals surface area contributed by atoms with E-state index in [0.29, 0.717) is 21.3 Å². The van der Waals surface area contributed by atoms with Gasteiger partial charge in [-0.1, -0.05) is 47.5 Å². The number of aliphatic carboxylic acids is 1. The summed E-state index contributed by atoms with van der Waals surface area (Å²) in [6, 6.07) is 12.8. The molecule has 3 nitrogen and oxygen atoms in total. The van der Waals surface area contributed by atoms with E-state index >= 15 is 0 Å². The summed E-state index contributed by atoms with van der Waals surface area (Å²) in [6.45, 7) is 6.10. The number of nitrogens with zero attached hydrogens (tertiary/aromatic N) is 1. The number of rotatable bonds is 4. The van der Waals surface area contributed by atoms with Crippen LogP contribution < -0.4 is 4.90 Å². The van der Waals surface area contributed by atoms with Crippen LogP contribution in [0.25, 0.3) is 0 Å². The van der Waals surface area contributed by atoms with E-state index in [1.54, 1.807) is 18.2 Å². The van der Waals surface area contributed by atoms with Gasteiger partial charge in [-0.05, 0) is 44.5 Å². The molecule has 0 unspecified atom stereocenters. The first-order valence-electron chi connectivity index (χ1n) is 7.25. The second kappa shape index (κ2) is 6.81. The van der Waals surface area contributed by atoms with Crippen molar-refractivity contribution in [1.29, 1.82) is 0 Å². The first-order chi connectivity index (χ1) is 10.7. The van der Waals surface area contributed by atoms with E-state index in [2.05, 4.69) is 0 Å². The molecule has 0 heterocycles. The Morgan fingerprint density at radius 1 is 1.04 bits per heavy atom. The van der Waals surface area contributed by atoms with E-state index in [4.69, 9.17) is 23.2 Å². The molecule has 0 atom stereocenters. The molecule has 0 aliphatic carbocycles. The topological polar surface area (TPSA) is 40.5 Å². The number of carbonyl (C=O) groups is 1. The number of halogens is 2. The number of carboxylic acid groups (broad SMARTS) is 1. The lowest BCUT2D eigenvalue weighted by Crippen LogP contribution is -2.38. The smallest absolute Gasteiger partial charge is 0.307 e. The fourth-order valence-corrected chi connectivity index (χ4v) is 3.13. The minimum atomic E-state index is -0.878. The maximum Gasteiger partial charge on any atom is 0.307 e. The van der Waals surface area contributed by atoms with Gasteiger partial charge in [-0.2, -0.15) is 0 Å². The monoisotopic (exact) mass is 351 g/mol. The molecule has 0 spiro atoms. The highest BCUT2D eigenvalue weighted by Crippen LogP contribution is 2.43. The van der Waals surface area contributed by atoms with Crippen molar-refractivity contribution in [3.63, 3.8) is 0 Å². The van der Waals surface area contributed by atoms with E-state index < -0.39 is 5.97 Å². The van der Waals surface area contributed by atoms with E-state index in [9.17, 15) is 9.90 Å². The van der Waals surface area contributed by atoms with Gasteiger partial charge in [0.2, 0.25) is 0 Å². The van der Waals surface area contributed by atoms with Gasteiger partial charge in [0.05, 0.1) is 22.2 Å². The lowest BCUT2D eigenvalue weighted by Gasteiger charge is -2.40. The highest BCUT2D eigenvalue weighted by molar-refractivity contribution is 6.39. The van der Waals surface area contributed by atoms with Gasteiger partial charge in [-0.15, -0.1) is 0 Å². The number of benzene rings is 2. The highest BCUT2D eigenvalue weighted by Gasteiger charge is 2.29. The van der Waals surface area contributed by atoms with Crippen LogP contribution in [0.15, 0.2) is 42.5 Å². The summed E-state index contributed by atoms with van der Waals surface area (Å²) in [5.41, 5.74) is 1.84. The highest BCUT2D eigenvalue weighted by atomic mass is 35.5. The zero-order valence-electron chi connectivity index (χ0n) is 13.3. The molecule has 0 aliphatic heterocycles. The molecule has 1 N–H and O–H groups in total. The maximum absolute atomic E-state index is 11.2. The molecule has 2 aromatic carbocycles. The fraction of sp³-hybridized carbons (Fsp3) is 0.278. The minimum absolute atomic E-state index is 0.0647. The summed E-state index contributed by atoms with van der Waals surface area (Å²) in [4.78, 5) is 13.2. The average Bonchev–Trinajstić information content (AvgIpc) is 2.42. The molecule has 0 bridgehead atoms. The Labute approximate surface area is 146 Å². The van der Waals surface area contributed by atoms with Crippen molar-refractivity contribution in [2.75, 3.05) is 4.90 Å². The molecule has 0 radical (unpaired) electrons. The average molecular weight is 352 g/mol. The van der Waals surface area contributed by atoms with Gasteiger partial charge in [0.15, 0.2) is 0 Å². The van der Waals surface area contributed by atoms with Crippen molar-refractivity contribution in [3.05, 3.63) is 58.1 Å². The van der Waals surface area contributed by atoms with Crippen LogP contribution in [0.3, 0.4) is 0 Å². The van der Waals surface area contributed by atoms with Crippen molar-refractivity contribution in [2.45, 2.75) is 32.7 Å². The van der Waals surface area contributed by atoms with E-state index in [0.717, 1.165) is 5.69 Å². The van der Waals surface area contributed by atoms with Gasteiger partial charge < -0.3 is 10.0 Å². The van der Waals surface area contributed by atoms with Crippen LogP contribution in [0, 0.1) is 0 Å². The number of carboxylic acids is 1. The lowest BCUT2D eigenvalue weighted by molar-refractivity contribution is -0.136. The van der Waals surface area contributed by atoms with Crippen LogP contribution in [0.4, 0.5) is 11.4 Å². The second-order valence-corrected chi connectivity index (χ2v) is 7.09. The van der Waals surface area contributed by atoms with E-state index in [1.165, 1.54) is 0 Å². The third-order valence-corrected chi connectivity index (χ3v) is 4.02. The molecule has 2 rings (SSSR count). The molecule has 0 aliphatic rings. The minimum Gasteiger partial charge on any atom is -0.481 e. The Morgan fingerprint density at radius 2 is 1.61 bits per heavy atom. The first-order valence-corrected chi connectivity index (χ1v) is 8.01. The van der Waals surface area contributed by atoms with Gasteiger partial charge >= 0.3 is 5.97 Å². The summed E-state index contributed by atoms with van der Waals surface area (Å²) in [5.74, 6) is -0.878. The van der Waals surface area contributed by atoms with E-state index in [-0.39, 0.29) is 12.0 Å².